The summed E-state index contributed by atoms with van der Waals surface area (Å²) in [4.78, 5) is 0.180. The normalized spacial score (nSPS) is 10.6. The molecule has 1 rings (SSSR count). The molecule has 1 N–H and O–H groups in total. The Balaban J connectivity index is 3.26. The first-order valence-electron chi connectivity index (χ1n) is 3.84. The molecule has 0 aliphatic heterocycles. The fraction of sp³-hybridized carbons (Fsp3) is 0.333. The van der Waals surface area contributed by atoms with Crippen molar-refractivity contribution in [2.75, 3.05) is 13.4 Å². The number of hydrogen-bond donors (Lipinski definition) is 1. The van der Waals surface area contributed by atoms with E-state index in [0.717, 1.165) is 17.8 Å². The number of phenolic OH excluding ortho intramolecular Hbond substituents is 1. The minimum Gasteiger partial charge on any atom is -0.504 e. The topological polar surface area (TPSA) is 29.5 Å². The molecule has 0 aromatic heterocycles. The smallest absolute Gasteiger partial charge is 0.174 e. The highest BCUT2D eigenvalue weighted by molar-refractivity contribution is 7.98. The van der Waals surface area contributed by atoms with Gasteiger partial charge in [-0.15, -0.1) is 11.8 Å². The summed E-state index contributed by atoms with van der Waals surface area (Å²) in [7, 11) is 1.33. The number of phenols is 1. The van der Waals surface area contributed by atoms with Crippen molar-refractivity contribution in [1.29, 1.82) is 0 Å². The van der Waals surface area contributed by atoms with Crippen LogP contribution in [0.1, 0.15) is 5.56 Å². The van der Waals surface area contributed by atoms with Crippen molar-refractivity contribution in [2.24, 2.45) is 0 Å². The zero-order valence-corrected chi connectivity index (χ0v) is 8.62. The van der Waals surface area contributed by atoms with E-state index in [9.17, 15) is 13.9 Å². The highest BCUT2D eigenvalue weighted by Crippen LogP contribution is 2.33. The third-order valence-corrected chi connectivity index (χ3v) is 2.51. The summed E-state index contributed by atoms with van der Waals surface area (Å²) in [5.74, 6) is -2.17. The van der Waals surface area contributed by atoms with Gasteiger partial charge < -0.3 is 9.84 Å². The van der Waals surface area contributed by atoms with Gasteiger partial charge in [0.15, 0.2) is 11.6 Å². The van der Waals surface area contributed by atoms with Crippen molar-refractivity contribution in [1.82, 2.24) is 0 Å². The predicted molar refractivity (Wildman–Crippen MR) is 50.5 cm³/mol. The molecule has 0 saturated heterocycles. The Bertz CT molecular complexity index is 342. The molecule has 0 fully saturated rings. The van der Waals surface area contributed by atoms with Gasteiger partial charge in [-0.05, 0) is 12.3 Å². The van der Waals surface area contributed by atoms with Gasteiger partial charge in [0, 0.05) is 7.11 Å². The van der Waals surface area contributed by atoms with Gasteiger partial charge in [-0.25, -0.2) is 8.78 Å². The van der Waals surface area contributed by atoms with Crippen molar-refractivity contribution >= 4 is 11.8 Å². The third-order valence-electron chi connectivity index (χ3n) is 1.76. The Hall–Kier alpha value is -0.810. The van der Waals surface area contributed by atoms with Crippen molar-refractivity contribution < 1.29 is 18.6 Å². The SMILES string of the molecule is COCc1c(F)cc(SC)c(O)c1F. The van der Waals surface area contributed by atoms with E-state index < -0.39 is 17.4 Å². The molecule has 0 saturated carbocycles. The highest BCUT2D eigenvalue weighted by atomic mass is 32.2. The van der Waals surface area contributed by atoms with Crippen LogP contribution < -0.4 is 0 Å². The quantitative estimate of drug-likeness (QED) is 0.794. The number of thioether (sulfide) groups is 1. The summed E-state index contributed by atoms with van der Waals surface area (Å²) in [6, 6.07) is 1.09. The number of hydrogen-bond acceptors (Lipinski definition) is 3. The van der Waals surface area contributed by atoms with Crippen LogP contribution in [0.2, 0.25) is 0 Å². The van der Waals surface area contributed by atoms with Gasteiger partial charge in [0.1, 0.15) is 5.82 Å². The summed E-state index contributed by atoms with van der Waals surface area (Å²) >= 11 is 1.08. The number of methoxy groups -OCH3 is 1. The lowest BCUT2D eigenvalue weighted by Crippen LogP contribution is -1.98. The molecule has 0 unspecified atom stereocenters. The van der Waals surface area contributed by atoms with Crippen LogP contribution in [0.5, 0.6) is 5.75 Å². The van der Waals surface area contributed by atoms with Crippen LogP contribution in [0.15, 0.2) is 11.0 Å². The van der Waals surface area contributed by atoms with Crippen LogP contribution in [0.4, 0.5) is 8.78 Å². The van der Waals surface area contributed by atoms with Crippen LogP contribution in [-0.2, 0) is 11.3 Å². The number of aromatic hydroxyl groups is 1. The summed E-state index contributed by atoms with van der Waals surface area (Å²) in [5, 5.41) is 9.31. The minimum atomic E-state index is -0.948. The molecule has 0 spiro atoms. The standard InChI is InChI=1S/C9H10F2O2S/c1-13-4-5-6(10)3-7(14-2)9(12)8(5)11/h3,12H,4H2,1-2H3. The fourth-order valence-electron chi connectivity index (χ4n) is 1.06. The minimum absolute atomic E-state index is 0.180. The molecule has 0 amide bonds. The average Bonchev–Trinajstić information content (AvgIpc) is 2.18. The van der Waals surface area contributed by atoms with Crippen LogP contribution in [0.25, 0.3) is 0 Å². The van der Waals surface area contributed by atoms with E-state index in [1.807, 2.05) is 0 Å². The van der Waals surface area contributed by atoms with Gasteiger partial charge in [0.25, 0.3) is 0 Å². The van der Waals surface area contributed by atoms with Gasteiger partial charge in [-0.2, -0.15) is 0 Å². The zero-order chi connectivity index (χ0) is 10.7. The maximum absolute atomic E-state index is 13.3. The highest BCUT2D eigenvalue weighted by Gasteiger charge is 2.17. The molecule has 0 aliphatic carbocycles. The Morgan fingerprint density at radius 3 is 2.64 bits per heavy atom. The monoisotopic (exact) mass is 220 g/mol. The molecule has 78 valence electrons. The maximum atomic E-state index is 13.3. The predicted octanol–water partition coefficient (Wildman–Crippen LogP) is 2.54. The zero-order valence-electron chi connectivity index (χ0n) is 7.80. The molecule has 0 radical (unpaired) electrons. The largest absolute Gasteiger partial charge is 0.504 e. The molecule has 0 aliphatic rings. The van der Waals surface area contributed by atoms with Crippen molar-refractivity contribution in [3.8, 4) is 5.75 Å². The average molecular weight is 220 g/mol. The maximum Gasteiger partial charge on any atom is 0.174 e. The number of rotatable bonds is 3. The van der Waals surface area contributed by atoms with Gasteiger partial charge in [0.05, 0.1) is 17.1 Å². The summed E-state index contributed by atoms with van der Waals surface area (Å²) in [5.41, 5.74) is -0.247. The lowest BCUT2D eigenvalue weighted by molar-refractivity contribution is 0.176. The first kappa shape index (κ1) is 11.3. The Labute approximate surface area is 84.9 Å². The summed E-state index contributed by atoms with van der Waals surface area (Å²) < 4.78 is 31.2. The first-order valence-corrected chi connectivity index (χ1v) is 5.07. The van der Waals surface area contributed by atoms with E-state index in [1.54, 1.807) is 6.26 Å². The van der Waals surface area contributed by atoms with Gasteiger partial charge in [0.2, 0.25) is 0 Å². The molecule has 14 heavy (non-hydrogen) atoms. The van der Waals surface area contributed by atoms with Gasteiger partial charge in [-0.1, -0.05) is 0 Å². The molecule has 1 aromatic carbocycles. The van der Waals surface area contributed by atoms with E-state index >= 15 is 0 Å². The van der Waals surface area contributed by atoms with Gasteiger partial charge in [-0.3, -0.25) is 0 Å². The second-order valence-corrected chi connectivity index (χ2v) is 3.48. The number of halogens is 2. The van der Waals surface area contributed by atoms with Gasteiger partial charge >= 0.3 is 0 Å². The first-order chi connectivity index (χ1) is 6.61. The van der Waals surface area contributed by atoms with Crippen LogP contribution in [0, 0.1) is 11.6 Å². The van der Waals surface area contributed by atoms with Crippen LogP contribution in [-0.4, -0.2) is 18.5 Å². The Kier molecular flexibility index (Phi) is 3.71. The van der Waals surface area contributed by atoms with Crippen LogP contribution >= 0.6 is 11.8 Å². The van der Waals surface area contributed by atoms with E-state index in [1.165, 1.54) is 7.11 Å². The third kappa shape index (κ3) is 1.99. The van der Waals surface area contributed by atoms with Crippen molar-refractivity contribution in [3.05, 3.63) is 23.3 Å². The molecule has 0 bridgehead atoms. The Morgan fingerprint density at radius 1 is 1.50 bits per heavy atom. The second-order valence-electron chi connectivity index (χ2n) is 2.63. The van der Waals surface area contributed by atoms with Crippen molar-refractivity contribution in [2.45, 2.75) is 11.5 Å². The van der Waals surface area contributed by atoms with E-state index in [0.29, 0.717) is 0 Å². The number of benzene rings is 1. The fourth-order valence-corrected chi connectivity index (χ4v) is 1.56. The van der Waals surface area contributed by atoms with E-state index in [2.05, 4.69) is 4.74 Å². The Morgan fingerprint density at radius 2 is 2.14 bits per heavy atom. The van der Waals surface area contributed by atoms with E-state index in [-0.39, 0.29) is 17.1 Å². The summed E-state index contributed by atoms with van der Waals surface area (Å²) in [6.45, 7) is -0.195. The molecular formula is C9H10F2O2S. The second kappa shape index (κ2) is 4.61. The molecule has 0 atom stereocenters. The number of ether oxygens (including phenoxy) is 1. The summed E-state index contributed by atoms with van der Waals surface area (Å²) in [6.07, 6.45) is 1.63. The van der Waals surface area contributed by atoms with E-state index in [4.69, 9.17) is 0 Å². The lowest BCUT2D eigenvalue weighted by Gasteiger charge is -2.08. The molecular weight excluding hydrogens is 210 g/mol. The van der Waals surface area contributed by atoms with Crippen molar-refractivity contribution in [3.63, 3.8) is 0 Å². The molecule has 0 heterocycles. The molecule has 2 nitrogen and oxygen atoms in total. The molecule has 5 heteroatoms. The van der Waals surface area contributed by atoms with Crippen LogP contribution in [0.3, 0.4) is 0 Å². The lowest BCUT2D eigenvalue weighted by atomic mass is 10.2. The molecule has 1 aromatic rings.